The zero-order valence-corrected chi connectivity index (χ0v) is 15.8. The van der Waals surface area contributed by atoms with E-state index in [1.165, 1.54) is 5.56 Å². The van der Waals surface area contributed by atoms with Crippen LogP contribution in [-0.2, 0) is 22.4 Å². The molecule has 2 unspecified atom stereocenters. The highest BCUT2D eigenvalue weighted by atomic mass is 16.5. The normalized spacial score (nSPS) is 17.9. The number of benzene rings is 2. The van der Waals surface area contributed by atoms with Gasteiger partial charge in [-0.25, -0.2) is 0 Å². The van der Waals surface area contributed by atoms with Crippen molar-refractivity contribution >= 4 is 17.5 Å². The van der Waals surface area contributed by atoms with Crippen molar-refractivity contribution in [1.29, 1.82) is 0 Å². The first-order chi connectivity index (χ1) is 13.1. The lowest BCUT2D eigenvalue weighted by atomic mass is 10.1. The van der Waals surface area contributed by atoms with E-state index >= 15 is 0 Å². The Morgan fingerprint density at radius 2 is 1.74 bits per heavy atom. The monoisotopic (exact) mass is 366 g/mol. The van der Waals surface area contributed by atoms with E-state index in [0.29, 0.717) is 19.4 Å². The topological polar surface area (TPSA) is 67.4 Å². The SMILES string of the molecule is CCc1ccc(NC(=O)C2CC2C(=O)NCCc2ccccc2OC)cc1. The zero-order chi connectivity index (χ0) is 19.2. The van der Waals surface area contributed by atoms with Crippen LogP contribution < -0.4 is 15.4 Å². The van der Waals surface area contributed by atoms with Crippen LogP contribution in [0.25, 0.3) is 0 Å². The Labute approximate surface area is 160 Å². The summed E-state index contributed by atoms with van der Waals surface area (Å²) >= 11 is 0. The molecule has 1 saturated carbocycles. The molecule has 1 fully saturated rings. The van der Waals surface area contributed by atoms with Crippen LogP contribution in [0.15, 0.2) is 48.5 Å². The molecule has 3 rings (SSSR count). The molecule has 27 heavy (non-hydrogen) atoms. The number of hydrogen-bond acceptors (Lipinski definition) is 3. The first-order valence-corrected chi connectivity index (χ1v) is 9.41. The minimum atomic E-state index is -0.234. The van der Waals surface area contributed by atoms with Gasteiger partial charge in [0.1, 0.15) is 5.75 Å². The first kappa shape index (κ1) is 19.0. The lowest BCUT2D eigenvalue weighted by Crippen LogP contribution is -2.29. The molecule has 2 atom stereocenters. The summed E-state index contributed by atoms with van der Waals surface area (Å²) in [5, 5.41) is 5.84. The van der Waals surface area contributed by atoms with E-state index in [9.17, 15) is 9.59 Å². The van der Waals surface area contributed by atoms with E-state index in [2.05, 4.69) is 17.6 Å². The summed E-state index contributed by atoms with van der Waals surface area (Å²) in [6, 6.07) is 15.6. The van der Waals surface area contributed by atoms with Gasteiger partial charge in [0.25, 0.3) is 0 Å². The molecule has 0 bridgehead atoms. The van der Waals surface area contributed by atoms with Crippen LogP contribution in [0.5, 0.6) is 5.75 Å². The molecule has 5 heteroatoms. The fraction of sp³-hybridized carbons (Fsp3) is 0.364. The molecule has 0 saturated heterocycles. The summed E-state index contributed by atoms with van der Waals surface area (Å²) < 4.78 is 5.32. The highest BCUT2D eigenvalue weighted by molar-refractivity contribution is 5.99. The third kappa shape index (κ3) is 4.88. The number of ether oxygens (including phenoxy) is 1. The maximum absolute atomic E-state index is 12.3. The summed E-state index contributed by atoms with van der Waals surface area (Å²) in [5.74, 6) is 0.236. The van der Waals surface area contributed by atoms with Crippen molar-refractivity contribution in [1.82, 2.24) is 5.32 Å². The van der Waals surface area contributed by atoms with E-state index in [4.69, 9.17) is 4.74 Å². The van der Waals surface area contributed by atoms with Crippen LogP contribution in [0.1, 0.15) is 24.5 Å². The van der Waals surface area contributed by atoms with Gasteiger partial charge in [0.2, 0.25) is 11.8 Å². The maximum atomic E-state index is 12.3. The highest BCUT2D eigenvalue weighted by Gasteiger charge is 2.47. The van der Waals surface area contributed by atoms with Crippen molar-refractivity contribution in [3.8, 4) is 5.75 Å². The number of carbonyl (C=O) groups excluding carboxylic acids is 2. The average molecular weight is 366 g/mol. The number of carbonyl (C=O) groups is 2. The van der Waals surface area contributed by atoms with E-state index in [0.717, 1.165) is 23.4 Å². The van der Waals surface area contributed by atoms with Gasteiger partial charge in [-0.3, -0.25) is 9.59 Å². The fourth-order valence-electron chi connectivity index (χ4n) is 3.19. The van der Waals surface area contributed by atoms with E-state index < -0.39 is 0 Å². The second-order valence-corrected chi connectivity index (χ2v) is 6.84. The molecule has 2 aromatic carbocycles. The third-order valence-corrected chi connectivity index (χ3v) is 4.98. The number of hydrogen-bond donors (Lipinski definition) is 2. The summed E-state index contributed by atoms with van der Waals surface area (Å²) in [5.41, 5.74) is 3.06. The van der Waals surface area contributed by atoms with Gasteiger partial charge in [-0.05, 0) is 48.6 Å². The molecular weight excluding hydrogens is 340 g/mol. The Morgan fingerprint density at radius 1 is 1.04 bits per heavy atom. The number of amides is 2. The molecule has 5 nitrogen and oxygen atoms in total. The lowest BCUT2D eigenvalue weighted by Gasteiger charge is -2.09. The van der Waals surface area contributed by atoms with Crippen LogP contribution >= 0.6 is 0 Å². The van der Waals surface area contributed by atoms with Crippen LogP contribution in [0.3, 0.4) is 0 Å². The number of anilines is 1. The highest BCUT2D eigenvalue weighted by Crippen LogP contribution is 2.39. The van der Waals surface area contributed by atoms with Crippen LogP contribution in [-0.4, -0.2) is 25.5 Å². The molecule has 1 aliphatic carbocycles. The summed E-state index contributed by atoms with van der Waals surface area (Å²) in [4.78, 5) is 24.6. The number of methoxy groups -OCH3 is 1. The summed E-state index contributed by atoms with van der Waals surface area (Å²) in [6.07, 6.45) is 2.27. The van der Waals surface area contributed by atoms with Gasteiger partial charge in [-0.2, -0.15) is 0 Å². The average Bonchev–Trinajstić information content (AvgIpc) is 3.50. The molecule has 142 valence electrons. The predicted molar refractivity (Wildman–Crippen MR) is 106 cm³/mol. The molecule has 0 aliphatic heterocycles. The van der Waals surface area contributed by atoms with Crippen molar-refractivity contribution in [2.45, 2.75) is 26.2 Å². The Hall–Kier alpha value is -2.82. The van der Waals surface area contributed by atoms with E-state index in [1.807, 2.05) is 48.5 Å². The first-order valence-electron chi connectivity index (χ1n) is 9.41. The van der Waals surface area contributed by atoms with Crippen LogP contribution in [0.4, 0.5) is 5.69 Å². The van der Waals surface area contributed by atoms with Gasteiger partial charge in [0.05, 0.1) is 18.9 Å². The standard InChI is InChI=1S/C22H26N2O3/c1-3-15-8-10-17(11-9-15)24-22(26)19-14-18(19)21(25)23-13-12-16-6-4-5-7-20(16)27-2/h4-11,18-19H,3,12-14H2,1-2H3,(H,23,25)(H,24,26). The second kappa shape index (κ2) is 8.71. The molecule has 0 spiro atoms. The Kier molecular flexibility index (Phi) is 6.12. The zero-order valence-electron chi connectivity index (χ0n) is 15.8. The van der Waals surface area contributed by atoms with E-state index in [-0.39, 0.29) is 23.7 Å². The minimum absolute atomic E-state index is 0.0496. The van der Waals surface area contributed by atoms with Gasteiger partial charge in [-0.15, -0.1) is 0 Å². The summed E-state index contributed by atoms with van der Waals surface area (Å²) in [6.45, 7) is 2.62. The van der Waals surface area contributed by atoms with Gasteiger partial charge in [0.15, 0.2) is 0 Å². The minimum Gasteiger partial charge on any atom is -0.496 e. The predicted octanol–water partition coefficient (Wildman–Crippen LogP) is 3.19. The maximum Gasteiger partial charge on any atom is 0.228 e. The smallest absolute Gasteiger partial charge is 0.228 e. The Balaban J connectivity index is 1.43. The van der Waals surface area contributed by atoms with Gasteiger partial charge < -0.3 is 15.4 Å². The van der Waals surface area contributed by atoms with Crippen molar-refractivity contribution in [2.24, 2.45) is 11.8 Å². The quantitative estimate of drug-likeness (QED) is 0.754. The van der Waals surface area contributed by atoms with Crippen molar-refractivity contribution in [3.05, 3.63) is 59.7 Å². The number of rotatable bonds is 8. The van der Waals surface area contributed by atoms with Gasteiger partial charge in [-0.1, -0.05) is 37.3 Å². The molecule has 0 radical (unpaired) electrons. The fourth-order valence-corrected chi connectivity index (χ4v) is 3.19. The Bertz CT molecular complexity index is 801. The Morgan fingerprint density at radius 3 is 2.44 bits per heavy atom. The number of para-hydroxylation sites is 1. The molecule has 0 heterocycles. The third-order valence-electron chi connectivity index (χ3n) is 4.98. The molecule has 2 amide bonds. The van der Waals surface area contributed by atoms with Crippen molar-refractivity contribution in [2.75, 3.05) is 19.0 Å². The van der Waals surface area contributed by atoms with Crippen LogP contribution in [0, 0.1) is 11.8 Å². The molecule has 2 N–H and O–H groups in total. The molecule has 1 aliphatic rings. The molecule has 2 aromatic rings. The molecule has 0 aromatic heterocycles. The number of nitrogens with one attached hydrogen (secondary N) is 2. The van der Waals surface area contributed by atoms with E-state index in [1.54, 1.807) is 7.11 Å². The second-order valence-electron chi connectivity index (χ2n) is 6.84. The number of aryl methyl sites for hydroxylation is 1. The van der Waals surface area contributed by atoms with Crippen LogP contribution in [0.2, 0.25) is 0 Å². The van der Waals surface area contributed by atoms with Gasteiger partial charge in [0, 0.05) is 12.2 Å². The lowest BCUT2D eigenvalue weighted by molar-refractivity contribution is -0.125. The summed E-state index contributed by atoms with van der Waals surface area (Å²) in [7, 11) is 1.64. The van der Waals surface area contributed by atoms with Crippen molar-refractivity contribution in [3.63, 3.8) is 0 Å². The molecular formula is C22H26N2O3. The van der Waals surface area contributed by atoms with Gasteiger partial charge >= 0.3 is 0 Å². The largest absolute Gasteiger partial charge is 0.496 e. The van der Waals surface area contributed by atoms with Crippen molar-refractivity contribution < 1.29 is 14.3 Å².